The van der Waals surface area contributed by atoms with Gasteiger partial charge in [-0.25, -0.2) is 27.0 Å². The van der Waals surface area contributed by atoms with Gasteiger partial charge >= 0.3 is 12.1 Å². The summed E-state index contributed by atoms with van der Waals surface area (Å²) < 4.78 is 94.1. The van der Waals surface area contributed by atoms with Crippen molar-refractivity contribution < 1.29 is 54.9 Å². The van der Waals surface area contributed by atoms with Gasteiger partial charge in [0.05, 0.1) is 5.51 Å². The molecule has 1 unspecified atom stereocenters. The molecule has 3 aromatic rings. The Hall–Kier alpha value is -3.54. The average Bonchev–Trinajstić information content (AvgIpc) is 3.44. The van der Waals surface area contributed by atoms with Crippen LogP contribution in [-0.4, -0.2) is 66.3 Å². The number of likely N-dealkylation sites (tertiary alicyclic amines) is 1. The first kappa shape index (κ1) is 35.7. The van der Waals surface area contributed by atoms with Crippen LogP contribution in [0.2, 0.25) is 5.02 Å². The standard InChI is InChI=1S/C22H22ClF2N3O3S2.C2HF3O2.CH2O2/c1-14(15-5-3-2-4-6-15)28-9-7-16(8-10-28)31-18-11-17(24)22(21(25)20(18)23)33(29,30)27-19-12-32-13-26-19;3-2(4,5)1(6)7;2-1-3/h2-6,11-14,16,27H,7-10H2,1H3;(H,6,7);1H,(H,2,3). The van der Waals surface area contributed by atoms with E-state index in [4.69, 9.17) is 36.1 Å². The lowest BCUT2D eigenvalue weighted by atomic mass is 10.0. The summed E-state index contributed by atoms with van der Waals surface area (Å²) >= 11 is 7.19. The monoisotopic (exact) mass is 673 g/mol. The van der Waals surface area contributed by atoms with Gasteiger partial charge in [0, 0.05) is 30.6 Å². The van der Waals surface area contributed by atoms with Crippen molar-refractivity contribution in [3.63, 3.8) is 0 Å². The Morgan fingerprint density at radius 2 is 1.79 bits per heavy atom. The van der Waals surface area contributed by atoms with Gasteiger partial charge in [0.25, 0.3) is 16.5 Å². The first-order valence-electron chi connectivity index (χ1n) is 12.0. The van der Waals surface area contributed by atoms with E-state index < -0.39 is 43.7 Å². The molecule has 0 aliphatic carbocycles. The van der Waals surface area contributed by atoms with Gasteiger partial charge in [-0.3, -0.25) is 14.4 Å². The van der Waals surface area contributed by atoms with Crippen molar-refractivity contribution in [1.29, 1.82) is 0 Å². The second kappa shape index (κ2) is 15.8. The van der Waals surface area contributed by atoms with Crippen LogP contribution in [0.1, 0.15) is 31.4 Å². The van der Waals surface area contributed by atoms with Gasteiger partial charge in [-0.15, -0.1) is 11.3 Å². The van der Waals surface area contributed by atoms with Crippen LogP contribution in [0, 0.1) is 11.6 Å². The predicted molar refractivity (Wildman–Crippen MR) is 147 cm³/mol. The number of nitrogens with zero attached hydrogens (tertiary/aromatic N) is 2. The Morgan fingerprint density at radius 1 is 1.23 bits per heavy atom. The number of carboxylic acid groups (broad SMARTS) is 2. The molecule has 43 heavy (non-hydrogen) atoms. The summed E-state index contributed by atoms with van der Waals surface area (Å²) in [5, 5.41) is 14.8. The molecule has 1 aliphatic heterocycles. The van der Waals surface area contributed by atoms with Crippen LogP contribution in [0.3, 0.4) is 0 Å². The molecule has 1 saturated heterocycles. The number of nitrogens with one attached hydrogen (secondary N) is 1. The molecule has 4 rings (SSSR count). The van der Waals surface area contributed by atoms with Crippen molar-refractivity contribution in [3.8, 4) is 5.75 Å². The molecule has 0 spiro atoms. The number of alkyl halides is 3. The Labute approximate surface area is 251 Å². The first-order chi connectivity index (χ1) is 20.1. The maximum Gasteiger partial charge on any atom is 0.490 e. The number of ether oxygens (including phenoxy) is 1. The van der Waals surface area contributed by atoms with Gasteiger partial charge in [0.15, 0.2) is 22.3 Å². The van der Waals surface area contributed by atoms with Gasteiger partial charge in [0.2, 0.25) is 0 Å². The minimum atomic E-state index is -5.08. The summed E-state index contributed by atoms with van der Waals surface area (Å²) in [6.07, 6.45) is -4.10. The second-order valence-electron chi connectivity index (χ2n) is 8.64. The highest BCUT2D eigenvalue weighted by atomic mass is 35.5. The fourth-order valence-electron chi connectivity index (χ4n) is 3.84. The molecule has 1 atom stereocenters. The minimum Gasteiger partial charge on any atom is -0.489 e. The number of rotatable bonds is 7. The third-order valence-corrected chi connectivity index (χ3v) is 8.19. The summed E-state index contributed by atoms with van der Waals surface area (Å²) in [6, 6.07) is 11.2. The fraction of sp³-hybridized carbons (Fsp3) is 0.320. The number of carboxylic acids is 1. The summed E-state index contributed by atoms with van der Waals surface area (Å²) in [5.41, 5.74) is 2.60. The molecule has 2 aromatic carbocycles. The van der Waals surface area contributed by atoms with E-state index in [1.165, 1.54) is 16.5 Å². The fourth-order valence-corrected chi connectivity index (χ4v) is 5.79. The van der Waals surface area contributed by atoms with E-state index in [-0.39, 0.29) is 30.2 Å². The van der Waals surface area contributed by atoms with Crippen molar-refractivity contribution in [1.82, 2.24) is 9.88 Å². The number of thiazole rings is 1. The zero-order valence-corrected chi connectivity index (χ0v) is 24.5. The number of aliphatic carboxylic acids is 1. The lowest BCUT2D eigenvalue weighted by molar-refractivity contribution is -0.192. The number of hydrogen-bond acceptors (Lipinski definition) is 8. The summed E-state index contributed by atoms with van der Waals surface area (Å²) in [6.45, 7) is 3.37. The third-order valence-electron chi connectivity index (χ3n) is 5.87. The van der Waals surface area contributed by atoms with Gasteiger partial charge in [-0.05, 0) is 25.3 Å². The number of carbonyl (C=O) groups is 2. The molecule has 1 fully saturated rings. The largest absolute Gasteiger partial charge is 0.490 e. The Bertz CT molecular complexity index is 1460. The van der Waals surface area contributed by atoms with E-state index in [2.05, 4.69) is 28.9 Å². The number of benzene rings is 2. The Morgan fingerprint density at radius 3 is 2.28 bits per heavy atom. The highest BCUT2D eigenvalue weighted by Gasteiger charge is 2.38. The maximum atomic E-state index is 14.9. The maximum absolute atomic E-state index is 14.9. The molecule has 2 heterocycles. The molecule has 236 valence electrons. The van der Waals surface area contributed by atoms with Gasteiger partial charge in [-0.1, -0.05) is 41.9 Å². The molecular formula is C25H25ClF5N3O7S2. The molecule has 3 N–H and O–H groups in total. The van der Waals surface area contributed by atoms with Crippen LogP contribution in [0.25, 0.3) is 0 Å². The molecule has 0 amide bonds. The van der Waals surface area contributed by atoms with Crippen LogP contribution in [0.5, 0.6) is 5.75 Å². The topological polar surface area (TPSA) is 146 Å². The van der Waals surface area contributed by atoms with Crippen LogP contribution in [0.15, 0.2) is 52.2 Å². The number of anilines is 1. The van der Waals surface area contributed by atoms with Crippen LogP contribution in [0.4, 0.5) is 27.8 Å². The van der Waals surface area contributed by atoms with Crippen LogP contribution in [-0.2, 0) is 19.6 Å². The predicted octanol–water partition coefficient (Wildman–Crippen LogP) is 5.81. The van der Waals surface area contributed by atoms with Gasteiger partial charge < -0.3 is 14.9 Å². The minimum absolute atomic E-state index is 0.0354. The SMILES string of the molecule is CC(c1ccccc1)N1CCC(Oc2cc(F)c(S(=O)(=O)Nc3cscn3)c(F)c2Cl)CC1.O=C(O)C(F)(F)F.O=CO. The highest BCUT2D eigenvalue weighted by Crippen LogP contribution is 2.36. The lowest BCUT2D eigenvalue weighted by Gasteiger charge is -2.36. The van der Waals surface area contributed by atoms with Gasteiger partial charge in [0.1, 0.15) is 16.9 Å². The second-order valence-corrected chi connectivity index (χ2v) is 11.4. The van der Waals surface area contributed by atoms with Crippen LogP contribution >= 0.6 is 22.9 Å². The van der Waals surface area contributed by atoms with E-state index in [1.807, 2.05) is 22.9 Å². The van der Waals surface area contributed by atoms with E-state index in [1.54, 1.807) is 0 Å². The number of piperidine rings is 1. The van der Waals surface area contributed by atoms with E-state index >= 15 is 0 Å². The molecular weight excluding hydrogens is 649 g/mol. The molecule has 0 saturated carbocycles. The van der Waals surface area contributed by atoms with E-state index in [0.717, 1.165) is 30.5 Å². The Kier molecular flexibility index (Phi) is 13.1. The molecule has 1 aromatic heterocycles. The summed E-state index contributed by atoms with van der Waals surface area (Å²) in [5.74, 6) is -5.69. The number of halogens is 6. The lowest BCUT2D eigenvalue weighted by Crippen LogP contribution is -2.39. The normalized spacial score (nSPS) is 14.8. The van der Waals surface area contributed by atoms with Gasteiger partial charge in [-0.2, -0.15) is 13.2 Å². The van der Waals surface area contributed by atoms with Crippen molar-refractivity contribution in [2.75, 3.05) is 17.8 Å². The van der Waals surface area contributed by atoms with Crippen LogP contribution < -0.4 is 9.46 Å². The smallest absolute Gasteiger partial charge is 0.489 e. The van der Waals surface area contributed by atoms with Crippen molar-refractivity contribution >= 4 is 51.2 Å². The Balaban J connectivity index is 0.000000560. The van der Waals surface area contributed by atoms with Crippen molar-refractivity contribution in [3.05, 3.63) is 69.5 Å². The number of aromatic nitrogens is 1. The number of hydrogen-bond donors (Lipinski definition) is 3. The molecule has 18 heteroatoms. The quantitative estimate of drug-likeness (QED) is 0.161. The van der Waals surface area contributed by atoms with Crippen molar-refractivity contribution in [2.24, 2.45) is 0 Å². The molecule has 10 nitrogen and oxygen atoms in total. The average molecular weight is 674 g/mol. The third kappa shape index (κ3) is 10.3. The molecule has 0 radical (unpaired) electrons. The van der Waals surface area contributed by atoms with E-state index in [0.29, 0.717) is 12.8 Å². The van der Waals surface area contributed by atoms with E-state index in [9.17, 15) is 30.4 Å². The first-order valence-corrected chi connectivity index (χ1v) is 14.8. The highest BCUT2D eigenvalue weighted by molar-refractivity contribution is 7.92. The molecule has 0 bridgehead atoms. The molecule has 1 aliphatic rings. The number of sulfonamides is 1. The van der Waals surface area contributed by atoms with Crippen molar-refractivity contribution in [2.45, 2.75) is 43.0 Å². The summed E-state index contributed by atoms with van der Waals surface area (Å²) in [7, 11) is -4.56. The zero-order chi connectivity index (χ0) is 32.4. The summed E-state index contributed by atoms with van der Waals surface area (Å²) in [4.78, 5) is 22.2. The zero-order valence-electron chi connectivity index (χ0n) is 22.1.